The lowest BCUT2D eigenvalue weighted by atomic mass is 10.1. The number of rotatable bonds is 5. The van der Waals surface area contributed by atoms with Crippen LogP contribution in [0.5, 0.6) is 5.75 Å². The molecule has 4 heteroatoms. The number of ether oxygens (including phenoxy) is 1. The van der Waals surface area contributed by atoms with Crippen molar-refractivity contribution in [3.8, 4) is 5.75 Å². The summed E-state index contributed by atoms with van der Waals surface area (Å²) in [5, 5.41) is 14.2. The number of benzene rings is 1. The quantitative estimate of drug-likeness (QED) is 0.511. The lowest BCUT2D eigenvalue weighted by Crippen LogP contribution is -2.05. The highest BCUT2D eigenvalue weighted by atomic mass is 32.1. The third-order valence-electron chi connectivity index (χ3n) is 2.86. The molecule has 0 aliphatic carbocycles. The molecule has 0 radical (unpaired) electrons. The molecule has 0 spiro atoms. The van der Waals surface area contributed by atoms with E-state index in [0.29, 0.717) is 12.3 Å². The van der Waals surface area contributed by atoms with Crippen molar-refractivity contribution in [2.75, 3.05) is 6.61 Å². The molecule has 0 unspecified atom stereocenters. The second-order valence-electron chi connectivity index (χ2n) is 4.36. The van der Waals surface area contributed by atoms with Crippen LogP contribution in [0.25, 0.3) is 0 Å². The van der Waals surface area contributed by atoms with Crippen LogP contribution in [0.2, 0.25) is 0 Å². The maximum atomic E-state index is 8.89. The lowest BCUT2D eigenvalue weighted by molar-refractivity contribution is 0.314. The minimum Gasteiger partial charge on any atom is -0.493 e. The van der Waals surface area contributed by atoms with Gasteiger partial charge in [-0.2, -0.15) is 0 Å². The van der Waals surface area contributed by atoms with Crippen molar-refractivity contribution in [2.24, 2.45) is 5.16 Å². The molecule has 0 aliphatic rings. The molecule has 0 atom stereocenters. The Labute approximate surface area is 117 Å². The van der Waals surface area contributed by atoms with E-state index in [1.54, 1.807) is 18.3 Å². The average molecular weight is 275 g/mol. The van der Waals surface area contributed by atoms with Crippen LogP contribution in [0.15, 0.2) is 40.9 Å². The van der Waals surface area contributed by atoms with Gasteiger partial charge in [0.1, 0.15) is 5.75 Å². The molecule has 19 heavy (non-hydrogen) atoms. The Morgan fingerprint density at radius 3 is 2.89 bits per heavy atom. The summed E-state index contributed by atoms with van der Waals surface area (Å²) < 4.78 is 5.83. The van der Waals surface area contributed by atoms with Gasteiger partial charge in [0.25, 0.3) is 0 Å². The zero-order valence-electron chi connectivity index (χ0n) is 11.1. The smallest absolute Gasteiger partial charge is 0.128 e. The fourth-order valence-electron chi connectivity index (χ4n) is 1.82. The second kappa shape index (κ2) is 6.38. The van der Waals surface area contributed by atoms with Gasteiger partial charge < -0.3 is 9.94 Å². The lowest BCUT2D eigenvalue weighted by Gasteiger charge is -2.11. The Bertz CT molecular complexity index is 562. The van der Waals surface area contributed by atoms with Crippen LogP contribution in [0.4, 0.5) is 0 Å². The molecular formula is C15H17NO2S. The van der Waals surface area contributed by atoms with Gasteiger partial charge >= 0.3 is 0 Å². The van der Waals surface area contributed by atoms with Gasteiger partial charge in [-0.25, -0.2) is 0 Å². The molecule has 1 aromatic heterocycles. The van der Waals surface area contributed by atoms with Crippen LogP contribution in [0.1, 0.15) is 22.9 Å². The fraction of sp³-hybridized carbons (Fsp3) is 0.267. The molecular weight excluding hydrogens is 258 g/mol. The second-order valence-corrected chi connectivity index (χ2v) is 5.40. The maximum Gasteiger partial charge on any atom is 0.128 e. The van der Waals surface area contributed by atoms with Crippen LogP contribution in [0, 0.1) is 6.92 Å². The monoisotopic (exact) mass is 275 g/mol. The van der Waals surface area contributed by atoms with Crippen molar-refractivity contribution in [3.63, 3.8) is 0 Å². The van der Waals surface area contributed by atoms with Crippen molar-refractivity contribution in [1.82, 2.24) is 0 Å². The van der Waals surface area contributed by atoms with Gasteiger partial charge in [0.2, 0.25) is 0 Å². The summed E-state index contributed by atoms with van der Waals surface area (Å²) in [4.78, 5) is 1.31. The first-order valence-corrected chi connectivity index (χ1v) is 7.03. The molecule has 0 amide bonds. The van der Waals surface area contributed by atoms with E-state index in [4.69, 9.17) is 9.94 Å². The normalized spacial score (nSPS) is 11.6. The first kappa shape index (κ1) is 13.6. The largest absolute Gasteiger partial charge is 0.493 e. The number of oxime groups is 1. The van der Waals surface area contributed by atoms with Gasteiger partial charge in [0.15, 0.2) is 0 Å². The van der Waals surface area contributed by atoms with E-state index in [9.17, 15) is 0 Å². The molecule has 1 N–H and O–H groups in total. The topological polar surface area (TPSA) is 41.8 Å². The van der Waals surface area contributed by atoms with Gasteiger partial charge in [-0.15, -0.1) is 11.3 Å². The first-order valence-electron chi connectivity index (χ1n) is 6.15. The molecule has 0 saturated carbocycles. The van der Waals surface area contributed by atoms with E-state index < -0.39 is 0 Å². The Hall–Kier alpha value is -1.81. The SMILES string of the molecule is CC(=NO)c1ccc(C)cc1OCCc1cccs1. The molecule has 2 aromatic rings. The standard InChI is InChI=1S/C15H17NO2S/c1-11-5-6-14(12(2)16-17)15(10-11)18-8-7-13-4-3-9-19-13/h3-6,9-10,17H,7-8H2,1-2H3. The zero-order valence-corrected chi connectivity index (χ0v) is 11.9. The minimum absolute atomic E-state index is 0.561. The summed E-state index contributed by atoms with van der Waals surface area (Å²) >= 11 is 1.73. The molecule has 0 bridgehead atoms. The molecule has 0 saturated heterocycles. The summed E-state index contributed by atoms with van der Waals surface area (Å²) in [6, 6.07) is 10.0. The van der Waals surface area contributed by atoms with E-state index in [1.807, 2.05) is 31.2 Å². The van der Waals surface area contributed by atoms with Gasteiger partial charge in [-0.05, 0) is 43.0 Å². The molecule has 1 heterocycles. The Morgan fingerprint density at radius 1 is 1.37 bits per heavy atom. The average Bonchev–Trinajstić information content (AvgIpc) is 2.91. The number of hydrogen-bond acceptors (Lipinski definition) is 4. The van der Waals surface area contributed by atoms with E-state index in [2.05, 4.69) is 16.6 Å². The summed E-state index contributed by atoms with van der Waals surface area (Å²) in [6.07, 6.45) is 0.889. The van der Waals surface area contributed by atoms with Crippen molar-refractivity contribution in [1.29, 1.82) is 0 Å². The molecule has 1 aromatic carbocycles. The van der Waals surface area contributed by atoms with Crippen LogP contribution in [-0.4, -0.2) is 17.5 Å². The van der Waals surface area contributed by atoms with Gasteiger partial charge in [-0.3, -0.25) is 0 Å². The summed E-state index contributed by atoms with van der Waals surface area (Å²) in [5.41, 5.74) is 2.52. The summed E-state index contributed by atoms with van der Waals surface area (Å²) in [5.74, 6) is 0.770. The highest BCUT2D eigenvalue weighted by Crippen LogP contribution is 2.22. The summed E-state index contributed by atoms with van der Waals surface area (Å²) in [7, 11) is 0. The first-order chi connectivity index (χ1) is 9.20. The Balaban J connectivity index is 2.08. The predicted molar refractivity (Wildman–Crippen MR) is 78.7 cm³/mol. The van der Waals surface area contributed by atoms with E-state index >= 15 is 0 Å². The molecule has 0 aliphatic heterocycles. The number of hydrogen-bond donors (Lipinski definition) is 1. The molecule has 2 rings (SSSR count). The highest BCUT2D eigenvalue weighted by Gasteiger charge is 2.08. The fourth-order valence-corrected chi connectivity index (χ4v) is 2.51. The van der Waals surface area contributed by atoms with Crippen LogP contribution in [0.3, 0.4) is 0 Å². The summed E-state index contributed by atoms with van der Waals surface area (Å²) in [6.45, 7) is 4.40. The van der Waals surface area contributed by atoms with Gasteiger partial charge in [-0.1, -0.05) is 17.3 Å². The predicted octanol–water partition coefficient (Wildman–Crippen LogP) is 3.88. The Morgan fingerprint density at radius 2 is 2.21 bits per heavy atom. The highest BCUT2D eigenvalue weighted by molar-refractivity contribution is 7.09. The van der Waals surface area contributed by atoms with Crippen molar-refractivity contribution >= 4 is 17.0 Å². The Kier molecular flexibility index (Phi) is 4.58. The van der Waals surface area contributed by atoms with Crippen molar-refractivity contribution in [2.45, 2.75) is 20.3 Å². The molecule has 100 valence electrons. The number of nitrogens with zero attached hydrogens (tertiary/aromatic N) is 1. The van der Waals surface area contributed by atoms with Gasteiger partial charge in [0, 0.05) is 16.9 Å². The minimum atomic E-state index is 0.561. The number of thiophene rings is 1. The van der Waals surface area contributed by atoms with E-state index in [-0.39, 0.29) is 0 Å². The van der Waals surface area contributed by atoms with Gasteiger partial charge in [0.05, 0.1) is 12.3 Å². The number of aryl methyl sites for hydroxylation is 1. The van der Waals surface area contributed by atoms with E-state index in [0.717, 1.165) is 23.3 Å². The van der Waals surface area contributed by atoms with Crippen molar-refractivity contribution < 1.29 is 9.94 Å². The van der Waals surface area contributed by atoms with Crippen LogP contribution >= 0.6 is 11.3 Å². The van der Waals surface area contributed by atoms with Crippen LogP contribution < -0.4 is 4.74 Å². The maximum absolute atomic E-state index is 8.89. The van der Waals surface area contributed by atoms with E-state index in [1.165, 1.54) is 4.88 Å². The third-order valence-corrected chi connectivity index (χ3v) is 3.80. The molecule has 3 nitrogen and oxygen atoms in total. The van der Waals surface area contributed by atoms with Crippen LogP contribution in [-0.2, 0) is 6.42 Å². The van der Waals surface area contributed by atoms with Crippen molar-refractivity contribution in [3.05, 3.63) is 51.7 Å². The molecule has 0 fully saturated rings. The zero-order chi connectivity index (χ0) is 13.7. The third kappa shape index (κ3) is 3.58.